The standard InChI is InChI=1S/C11H8BrNO2/c12-8-2-1-7-3-4-13-10(6-11(14)15)9(7)5-8/h1-5H,6H2,(H,14,15). The lowest BCUT2D eigenvalue weighted by molar-refractivity contribution is -0.136. The molecule has 1 heterocycles. The Labute approximate surface area is 94.9 Å². The maximum atomic E-state index is 10.6. The predicted octanol–water partition coefficient (Wildman–Crippen LogP) is 2.62. The van der Waals surface area contributed by atoms with Crippen LogP contribution in [-0.4, -0.2) is 16.1 Å². The average molecular weight is 266 g/mol. The summed E-state index contributed by atoms with van der Waals surface area (Å²) in [6.45, 7) is 0. The number of hydrogen-bond donors (Lipinski definition) is 1. The van der Waals surface area contributed by atoms with Crippen molar-refractivity contribution in [2.45, 2.75) is 6.42 Å². The summed E-state index contributed by atoms with van der Waals surface area (Å²) in [6.07, 6.45) is 1.59. The van der Waals surface area contributed by atoms with Gasteiger partial charge in [-0.2, -0.15) is 0 Å². The molecule has 2 aromatic rings. The van der Waals surface area contributed by atoms with E-state index in [1.807, 2.05) is 24.3 Å². The number of benzene rings is 1. The van der Waals surface area contributed by atoms with Crippen molar-refractivity contribution in [2.24, 2.45) is 0 Å². The molecule has 0 aliphatic rings. The first-order valence-electron chi connectivity index (χ1n) is 4.42. The smallest absolute Gasteiger partial charge is 0.309 e. The van der Waals surface area contributed by atoms with E-state index in [9.17, 15) is 4.79 Å². The molecule has 0 amide bonds. The molecule has 0 unspecified atom stereocenters. The van der Waals surface area contributed by atoms with Crippen molar-refractivity contribution in [3.05, 3.63) is 40.6 Å². The van der Waals surface area contributed by atoms with E-state index in [-0.39, 0.29) is 6.42 Å². The summed E-state index contributed by atoms with van der Waals surface area (Å²) in [5.41, 5.74) is 0.598. The third kappa shape index (κ3) is 2.15. The number of carboxylic acids is 1. The van der Waals surface area contributed by atoms with Gasteiger partial charge in [-0.3, -0.25) is 9.78 Å². The molecule has 2 rings (SSSR count). The Balaban J connectivity index is 2.63. The number of aromatic nitrogens is 1. The molecule has 3 nitrogen and oxygen atoms in total. The molecule has 0 atom stereocenters. The average Bonchev–Trinajstić information content (AvgIpc) is 2.18. The van der Waals surface area contributed by atoms with Crippen molar-refractivity contribution < 1.29 is 9.90 Å². The van der Waals surface area contributed by atoms with Gasteiger partial charge in [-0.15, -0.1) is 0 Å². The first-order valence-corrected chi connectivity index (χ1v) is 5.21. The number of halogens is 1. The molecule has 1 aromatic heterocycles. The first kappa shape index (κ1) is 10.1. The van der Waals surface area contributed by atoms with Gasteiger partial charge in [0.2, 0.25) is 0 Å². The van der Waals surface area contributed by atoms with Gasteiger partial charge < -0.3 is 5.11 Å². The van der Waals surface area contributed by atoms with Gasteiger partial charge in [0, 0.05) is 16.1 Å². The molecule has 1 aromatic carbocycles. The van der Waals surface area contributed by atoms with E-state index in [1.165, 1.54) is 0 Å². The number of fused-ring (bicyclic) bond motifs is 1. The minimum absolute atomic E-state index is 0.0478. The number of carboxylic acid groups (broad SMARTS) is 1. The zero-order valence-electron chi connectivity index (χ0n) is 7.77. The van der Waals surface area contributed by atoms with Crippen LogP contribution in [-0.2, 0) is 11.2 Å². The third-order valence-corrected chi connectivity index (χ3v) is 2.62. The van der Waals surface area contributed by atoms with Crippen LogP contribution < -0.4 is 0 Å². The van der Waals surface area contributed by atoms with E-state index >= 15 is 0 Å². The van der Waals surface area contributed by atoms with Gasteiger partial charge in [0.25, 0.3) is 0 Å². The Morgan fingerprint density at radius 3 is 2.93 bits per heavy atom. The fraction of sp³-hybridized carbons (Fsp3) is 0.0909. The molecular formula is C11H8BrNO2. The Morgan fingerprint density at radius 1 is 1.40 bits per heavy atom. The minimum atomic E-state index is -0.866. The highest BCUT2D eigenvalue weighted by atomic mass is 79.9. The summed E-state index contributed by atoms with van der Waals surface area (Å²) in [5.74, 6) is -0.866. The first-order chi connectivity index (χ1) is 7.16. The zero-order chi connectivity index (χ0) is 10.8. The summed E-state index contributed by atoms with van der Waals surface area (Å²) in [6, 6.07) is 7.62. The van der Waals surface area contributed by atoms with Gasteiger partial charge in [0.1, 0.15) is 0 Å². The Hall–Kier alpha value is -1.42. The van der Waals surface area contributed by atoms with Crippen molar-refractivity contribution in [3.63, 3.8) is 0 Å². The molecule has 0 bridgehead atoms. The molecular weight excluding hydrogens is 258 g/mol. The summed E-state index contributed by atoms with van der Waals surface area (Å²) >= 11 is 3.36. The van der Waals surface area contributed by atoms with E-state index < -0.39 is 5.97 Å². The number of carbonyl (C=O) groups is 1. The zero-order valence-corrected chi connectivity index (χ0v) is 9.36. The Kier molecular flexibility index (Phi) is 2.68. The fourth-order valence-corrected chi connectivity index (χ4v) is 1.85. The summed E-state index contributed by atoms with van der Waals surface area (Å²) in [4.78, 5) is 14.7. The molecule has 0 radical (unpaired) electrons. The van der Waals surface area contributed by atoms with Gasteiger partial charge >= 0.3 is 5.97 Å². The minimum Gasteiger partial charge on any atom is -0.481 e. The van der Waals surface area contributed by atoms with E-state index in [0.717, 1.165) is 15.2 Å². The summed E-state index contributed by atoms with van der Waals surface area (Å²) < 4.78 is 0.926. The van der Waals surface area contributed by atoms with Gasteiger partial charge in [-0.1, -0.05) is 22.0 Å². The highest BCUT2D eigenvalue weighted by molar-refractivity contribution is 9.10. The van der Waals surface area contributed by atoms with Crippen LogP contribution in [0.5, 0.6) is 0 Å². The van der Waals surface area contributed by atoms with E-state index in [0.29, 0.717) is 5.69 Å². The lowest BCUT2D eigenvalue weighted by Crippen LogP contribution is -2.02. The highest BCUT2D eigenvalue weighted by Crippen LogP contribution is 2.21. The molecule has 1 N–H and O–H groups in total. The second kappa shape index (κ2) is 3.98. The van der Waals surface area contributed by atoms with E-state index in [2.05, 4.69) is 20.9 Å². The largest absolute Gasteiger partial charge is 0.481 e. The number of rotatable bonds is 2. The molecule has 0 fully saturated rings. The van der Waals surface area contributed by atoms with Crippen molar-refractivity contribution >= 4 is 32.7 Å². The molecule has 0 saturated heterocycles. The molecule has 4 heteroatoms. The molecule has 0 spiro atoms. The number of hydrogen-bond acceptors (Lipinski definition) is 2. The van der Waals surface area contributed by atoms with Crippen LogP contribution in [0.15, 0.2) is 34.9 Å². The predicted molar refractivity (Wildman–Crippen MR) is 60.8 cm³/mol. The van der Waals surface area contributed by atoms with Crippen LogP contribution in [0.3, 0.4) is 0 Å². The van der Waals surface area contributed by atoms with Gasteiger partial charge in [-0.25, -0.2) is 0 Å². The quantitative estimate of drug-likeness (QED) is 0.908. The normalized spacial score (nSPS) is 10.5. The van der Waals surface area contributed by atoms with Gasteiger partial charge in [-0.05, 0) is 23.6 Å². The summed E-state index contributed by atoms with van der Waals surface area (Å²) in [5, 5.41) is 10.6. The highest BCUT2D eigenvalue weighted by Gasteiger charge is 2.06. The maximum absolute atomic E-state index is 10.6. The van der Waals surface area contributed by atoms with Crippen molar-refractivity contribution in [3.8, 4) is 0 Å². The molecule has 15 heavy (non-hydrogen) atoms. The van der Waals surface area contributed by atoms with Gasteiger partial charge in [0.15, 0.2) is 0 Å². The number of nitrogens with zero attached hydrogens (tertiary/aromatic N) is 1. The lowest BCUT2D eigenvalue weighted by atomic mass is 10.1. The van der Waals surface area contributed by atoms with Gasteiger partial charge in [0.05, 0.1) is 12.1 Å². The van der Waals surface area contributed by atoms with Crippen molar-refractivity contribution in [1.82, 2.24) is 4.98 Å². The third-order valence-electron chi connectivity index (χ3n) is 2.13. The van der Waals surface area contributed by atoms with Crippen molar-refractivity contribution in [1.29, 1.82) is 0 Å². The summed E-state index contributed by atoms with van der Waals surface area (Å²) in [7, 11) is 0. The molecule has 76 valence electrons. The Morgan fingerprint density at radius 2 is 2.20 bits per heavy atom. The number of aliphatic carboxylic acids is 1. The molecule has 0 aliphatic heterocycles. The fourth-order valence-electron chi connectivity index (χ4n) is 1.48. The lowest BCUT2D eigenvalue weighted by Gasteiger charge is -2.03. The van der Waals surface area contributed by atoms with Crippen LogP contribution in [0, 0.1) is 0 Å². The molecule has 0 aliphatic carbocycles. The molecule has 0 saturated carbocycles. The van der Waals surface area contributed by atoms with Crippen LogP contribution in [0.1, 0.15) is 5.69 Å². The Bertz CT molecular complexity index is 525. The van der Waals surface area contributed by atoms with Crippen LogP contribution >= 0.6 is 15.9 Å². The van der Waals surface area contributed by atoms with Crippen LogP contribution in [0.25, 0.3) is 10.8 Å². The maximum Gasteiger partial charge on any atom is 0.309 e. The second-order valence-corrected chi connectivity index (χ2v) is 4.11. The van der Waals surface area contributed by atoms with Crippen molar-refractivity contribution in [2.75, 3.05) is 0 Å². The van der Waals surface area contributed by atoms with E-state index in [4.69, 9.17) is 5.11 Å². The van der Waals surface area contributed by atoms with Crippen LogP contribution in [0.2, 0.25) is 0 Å². The monoisotopic (exact) mass is 265 g/mol. The van der Waals surface area contributed by atoms with Crippen LogP contribution in [0.4, 0.5) is 0 Å². The number of pyridine rings is 1. The topological polar surface area (TPSA) is 50.2 Å². The second-order valence-electron chi connectivity index (χ2n) is 3.19. The van der Waals surface area contributed by atoms with E-state index in [1.54, 1.807) is 6.20 Å². The SMILES string of the molecule is O=C(O)Cc1nccc2ccc(Br)cc12.